The van der Waals surface area contributed by atoms with Crippen LogP contribution in [0.25, 0.3) is 0 Å². The first-order chi connectivity index (χ1) is 17.4. The number of hydrogen-bond donors (Lipinski definition) is 2. The molecule has 0 saturated carbocycles. The Morgan fingerprint density at radius 2 is 1.89 bits per heavy atom. The van der Waals surface area contributed by atoms with Crippen molar-refractivity contribution >= 4 is 34.6 Å². The van der Waals surface area contributed by atoms with Crippen LogP contribution in [0, 0.1) is 11.7 Å². The Morgan fingerprint density at radius 1 is 1.17 bits per heavy atom. The molecule has 2 aliphatic heterocycles. The first-order valence-corrected chi connectivity index (χ1v) is 12.0. The SMILES string of the molecule is CCOc1cccc2c1OC1(C)C(C(=O)Nc3ccc(OC)cc3)C2NC(=S)N1c1ccc(F)cc1. The molecule has 1 saturated heterocycles. The number of para-hydroxylation sites is 1. The number of methoxy groups -OCH3 is 1. The second-order valence-corrected chi connectivity index (χ2v) is 9.09. The zero-order chi connectivity index (χ0) is 25.4. The Labute approximate surface area is 214 Å². The normalized spacial score (nSPS) is 22.1. The fourth-order valence-electron chi connectivity index (χ4n) is 4.91. The summed E-state index contributed by atoms with van der Waals surface area (Å²) in [5.74, 6) is 0.434. The van der Waals surface area contributed by atoms with Crippen molar-refractivity contribution in [3.05, 3.63) is 78.1 Å². The summed E-state index contributed by atoms with van der Waals surface area (Å²) in [5, 5.41) is 6.72. The van der Waals surface area contributed by atoms with E-state index in [4.69, 9.17) is 26.4 Å². The number of amides is 1. The number of halogens is 1. The molecule has 3 aromatic carbocycles. The van der Waals surface area contributed by atoms with Crippen LogP contribution in [-0.4, -0.2) is 30.5 Å². The molecule has 5 rings (SSSR count). The molecule has 3 atom stereocenters. The minimum atomic E-state index is -1.25. The van der Waals surface area contributed by atoms with Crippen LogP contribution in [0.1, 0.15) is 25.5 Å². The summed E-state index contributed by atoms with van der Waals surface area (Å²) in [6.07, 6.45) is 0. The summed E-state index contributed by atoms with van der Waals surface area (Å²) >= 11 is 5.74. The quantitative estimate of drug-likeness (QED) is 0.454. The van der Waals surface area contributed by atoms with Crippen molar-refractivity contribution in [3.8, 4) is 17.2 Å². The van der Waals surface area contributed by atoms with E-state index in [-0.39, 0.29) is 11.7 Å². The van der Waals surface area contributed by atoms with Crippen molar-refractivity contribution in [1.29, 1.82) is 0 Å². The summed E-state index contributed by atoms with van der Waals surface area (Å²) in [7, 11) is 1.58. The molecule has 9 heteroatoms. The van der Waals surface area contributed by atoms with Crippen LogP contribution in [0.15, 0.2) is 66.7 Å². The van der Waals surface area contributed by atoms with Crippen LogP contribution in [0.4, 0.5) is 15.8 Å². The lowest BCUT2D eigenvalue weighted by molar-refractivity contribution is -0.130. The molecule has 3 aromatic rings. The van der Waals surface area contributed by atoms with Crippen molar-refractivity contribution in [1.82, 2.24) is 5.32 Å². The molecular weight excluding hydrogens is 481 g/mol. The first kappa shape index (κ1) is 23.9. The zero-order valence-electron chi connectivity index (χ0n) is 20.1. The van der Waals surface area contributed by atoms with Gasteiger partial charge in [-0.05, 0) is 80.7 Å². The highest BCUT2D eigenvalue weighted by Crippen LogP contribution is 2.52. The lowest BCUT2D eigenvalue weighted by Crippen LogP contribution is -2.72. The molecular formula is C27H26FN3O4S. The van der Waals surface area contributed by atoms with E-state index in [1.807, 2.05) is 32.0 Å². The predicted molar refractivity (Wildman–Crippen MR) is 139 cm³/mol. The van der Waals surface area contributed by atoms with E-state index in [2.05, 4.69) is 10.6 Å². The van der Waals surface area contributed by atoms with Crippen molar-refractivity contribution in [2.45, 2.75) is 25.6 Å². The van der Waals surface area contributed by atoms with Gasteiger partial charge in [-0.15, -0.1) is 0 Å². The molecule has 1 fully saturated rings. The average molecular weight is 508 g/mol. The Morgan fingerprint density at radius 3 is 2.56 bits per heavy atom. The molecule has 2 aliphatic rings. The molecule has 0 radical (unpaired) electrons. The Balaban J connectivity index is 1.61. The van der Waals surface area contributed by atoms with Gasteiger partial charge in [0.2, 0.25) is 5.91 Å². The smallest absolute Gasteiger partial charge is 0.236 e. The van der Waals surface area contributed by atoms with Crippen LogP contribution >= 0.6 is 12.2 Å². The van der Waals surface area contributed by atoms with Gasteiger partial charge < -0.3 is 24.8 Å². The van der Waals surface area contributed by atoms with E-state index in [0.717, 1.165) is 5.56 Å². The molecule has 2 heterocycles. The second kappa shape index (κ2) is 9.31. The van der Waals surface area contributed by atoms with E-state index >= 15 is 0 Å². The van der Waals surface area contributed by atoms with Crippen LogP contribution in [0.2, 0.25) is 0 Å². The van der Waals surface area contributed by atoms with Gasteiger partial charge in [-0.25, -0.2) is 4.39 Å². The fraction of sp³-hybridized carbons (Fsp3) is 0.259. The third-order valence-electron chi connectivity index (χ3n) is 6.51. The van der Waals surface area contributed by atoms with Gasteiger partial charge in [0.1, 0.15) is 17.5 Å². The molecule has 7 nitrogen and oxygen atoms in total. The maximum Gasteiger partial charge on any atom is 0.236 e. The van der Waals surface area contributed by atoms with Gasteiger partial charge >= 0.3 is 0 Å². The van der Waals surface area contributed by atoms with Gasteiger partial charge in [0.05, 0.1) is 19.8 Å². The zero-order valence-corrected chi connectivity index (χ0v) is 20.9. The second-order valence-electron chi connectivity index (χ2n) is 8.70. The largest absolute Gasteiger partial charge is 0.497 e. The average Bonchev–Trinajstić information content (AvgIpc) is 2.86. The molecule has 186 valence electrons. The summed E-state index contributed by atoms with van der Waals surface area (Å²) < 4.78 is 31.5. The van der Waals surface area contributed by atoms with Crippen LogP contribution in [0.3, 0.4) is 0 Å². The van der Waals surface area contributed by atoms with Crippen molar-refractivity contribution in [3.63, 3.8) is 0 Å². The van der Waals surface area contributed by atoms with E-state index in [9.17, 15) is 9.18 Å². The topological polar surface area (TPSA) is 72.1 Å². The third-order valence-corrected chi connectivity index (χ3v) is 6.81. The number of fused-ring (bicyclic) bond motifs is 4. The number of anilines is 2. The summed E-state index contributed by atoms with van der Waals surface area (Å²) in [6, 6.07) is 18.1. The highest BCUT2D eigenvalue weighted by atomic mass is 32.1. The van der Waals surface area contributed by atoms with Gasteiger partial charge in [-0.2, -0.15) is 0 Å². The molecule has 0 aromatic heterocycles. The Kier molecular flexibility index (Phi) is 6.17. The lowest BCUT2D eigenvalue weighted by Gasteiger charge is -2.56. The van der Waals surface area contributed by atoms with Gasteiger partial charge in [0.15, 0.2) is 22.3 Å². The number of carbonyl (C=O) groups is 1. The summed E-state index contributed by atoms with van der Waals surface area (Å²) in [4.78, 5) is 15.6. The maximum absolute atomic E-state index is 13.9. The number of nitrogens with one attached hydrogen (secondary N) is 2. The summed E-state index contributed by atoms with van der Waals surface area (Å²) in [5.41, 5.74) is 0.734. The van der Waals surface area contributed by atoms with Crippen molar-refractivity contribution in [2.24, 2.45) is 5.92 Å². The Hall–Kier alpha value is -3.85. The van der Waals surface area contributed by atoms with Crippen molar-refractivity contribution < 1.29 is 23.4 Å². The molecule has 3 unspecified atom stereocenters. The van der Waals surface area contributed by atoms with E-state index < -0.39 is 17.7 Å². The highest BCUT2D eigenvalue weighted by Gasteiger charge is 2.59. The van der Waals surface area contributed by atoms with Gasteiger partial charge in [-0.3, -0.25) is 9.69 Å². The minimum absolute atomic E-state index is 0.262. The molecule has 0 aliphatic carbocycles. The fourth-order valence-corrected chi connectivity index (χ4v) is 5.33. The number of nitrogens with zero attached hydrogens (tertiary/aromatic N) is 1. The number of thiocarbonyl (C=S) groups is 1. The number of rotatable bonds is 6. The summed E-state index contributed by atoms with van der Waals surface area (Å²) in [6.45, 7) is 4.17. The molecule has 2 N–H and O–H groups in total. The van der Waals surface area contributed by atoms with Gasteiger partial charge in [-0.1, -0.05) is 12.1 Å². The molecule has 1 amide bonds. The molecule has 36 heavy (non-hydrogen) atoms. The van der Waals surface area contributed by atoms with Gasteiger partial charge in [0.25, 0.3) is 0 Å². The standard InChI is InChI=1S/C27H26FN3O4S/c1-4-34-21-7-5-6-20-23-22(25(32)29-17-10-14-19(33-3)15-11-17)27(2,35-24(20)21)31(26(36)30-23)18-12-8-16(28)9-13-18/h5-15,22-23H,4H2,1-3H3,(H,29,32)(H,30,36). The minimum Gasteiger partial charge on any atom is -0.497 e. The van der Waals surface area contributed by atoms with E-state index in [0.29, 0.717) is 40.3 Å². The molecule has 2 bridgehead atoms. The number of benzene rings is 3. The number of carbonyl (C=O) groups excluding carboxylic acids is 1. The first-order valence-electron chi connectivity index (χ1n) is 11.6. The monoisotopic (exact) mass is 507 g/mol. The predicted octanol–water partition coefficient (Wildman–Crippen LogP) is 5.03. The number of ether oxygens (including phenoxy) is 3. The van der Waals surface area contributed by atoms with Crippen LogP contribution in [0.5, 0.6) is 17.2 Å². The third kappa shape index (κ3) is 3.99. The Bertz CT molecular complexity index is 1300. The lowest BCUT2D eigenvalue weighted by atomic mass is 9.78. The van der Waals surface area contributed by atoms with Crippen molar-refractivity contribution in [2.75, 3.05) is 23.9 Å². The van der Waals surface area contributed by atoms with Gasteiger partial charge in [0, 0.05) is 16.9 Å². The highest BCUT2D eigenvalue weighted by molar-refractivity contribution is 7.80. The maximum atomic E-state index is 13.9. The number of hydrogen-bond acceptors (Lipinski definition) is 5. The van der Waals surface area contributed by atoms with E-state index in [1.54, 1.807) is 48.4 Å². The molecule has 0 spiro atoms. The van der Waals surface area contributed by atoms with Crippen LogP contribution < -0.4 is 29.7 Å². The van der Waals surface area contributed by atoms with E-state index in [1.165, 1.54) is 12.1 Å². The van der Waals surface area contributed by atoms with Crippen LogP contribution in [-0.2, 0) is 4.79 Å².